The van der Waals surface area contributed by atoms with E-state index in [1.807, 2.05) is 66.7 Å². The fraction of sp³-hybridized carbons (Fsp3) is 0.0952. The van der Waals surface area contributed by atoms with Crippen molar-refractivity contribution in [2.24, 2.45) is 5.90 Å². The maximum absolute atomic E-state index is 12.8. The lowest BCUT2D eigenvalue weighted by Gasteiger charge is -2.19. The van der Waals surface area contributed by atoms with E-state index in [0.717, 1.165) is 11.1 Å². The minimum absolute atomic E-state index is 0.145. The second kappa shape index (κ2) is 8.24. The first-order valence-electron chi connectivity index (χ1n) is 8.00. The van der Waals surface area contributed by atoms with E-state index in [4.69, 9.17) is 10.6 Å². The minimum Gasteiger partial charge on any atom is -0.449 e. The molecule has 4 nitrogen and oxygen atoms in total. The Kier molecular flexibility index (Phi) is 5.57. The molecular weight excluding hydrogens is 314 g/mol. The predicted molar refractivity (Wildman–Crippen MR) is 95.6 cm³/mol. The third-order valence-corrected chi connectivity index (χ3v) is 3.91. The van der Waals surface area contributed by atoms with E-state index in [2.05, 4.69) is 4.84 Å². The Morgan fingerprint density at radius 1 is 0.800 bits per heavy atom. The number of nitrogens with two attached hydrogens (primary N) is 1. The molecule has 0 unspecified atom stereocenters. The zero-order chi connectivity index (χ0) is 17.5. The molecule has 0 bridgehead atoms. The Hall–Kier alpha value is -2.95. The van der Waals surface area contributed by atoms with Gasteiger partial charge in [-0.2, -0.15) is 0 Å². The maximum Gasteiger partial charge on any atom is 0.339 e. The van der Waals surface area contributed by atoms with Gasteiger partial charge in [0.25, 0.3) is 0 Å². The van der Waals surface area contributed by atoms with Crippen molar-refractivity contribution in [3.05, 3.63) is 107 Å². The number of hydrogen-bond acceptors (Lipinski definition) is 4. The molecule has 0 aromatic heterocycles. The molecule has 0 spiro atoms. The lowest BCUT2D eigenvalue weighted by molar-refractivity contribution is 0.0371. The van der Waals surface area contributed by atoms with Crippen LogP contribution >= 0.6 is 0 Å². The normalized spacial score (nSPS) is 10.6. The molecule has 4 heteroatoms. The number of hydrogen-bond donors (Lipinski definition) is 1. The molecule has 3 aromatic carbocycles. The van der Waals surface area contributed by atoms with Crippen molar-refractivity contribution in [3.63, 3.8) is 0 Å². The minimum atomic E-state index is -0.484. The van der Waals surface area contributed by atoms with Crippen molar-refractivity contribution in [1.29, 1.82) is 0 Å². The van der Waals surface area contributed by atoms with E-state index in [1.54, 1.807) is 18.2 Å². The fourth-order valence-corrected chi connectivity index (χ4v) is 2.69. The van der Waals surface area contributed by atoms with Crippen LogP contribution in [0.3, 0.4) is 0 Å². The average Bonchev–Trinajstić information content (AvgIpc) is 2.68. The van der Waals surface area contributed by atoms with Gasteiger partial charge in [0.2, 0.25) is 0 Å². The largest absolute Gasteiger partial charge is 0.449 e. The molecule has 0 saturated heterocycles. The van der Waals surface area contributed by atoms with Crippen LogP contribution in [0.4, 0.5) is 0 Å². The summed E-state index contributed by atoms with van der Waals surface area (Å²) in [6, 6.07) is 26.5. The van der Waals surface area contributed by atoms with Gasteiger partial charge in [-0.3, -0.25) is 4.84 Å². The summed E-state index contributed by atoms with van der Waals surface area (Å²) in [6.07, 6.45) is -0.484. The fourth-order valence-electron chi connectivity index (χ4n) is 2.69. The summed E-state index contributed by atoms with van der Waals surface area (Å²) in [5.41, 5.74) is 2.96. The van der Waals surface area contributed by atoms with Crippen LogP contribution in [0.15, 0.2) is 84.9 Å². The number of ether oxygens (including phenoxy) is 1. The van der Waals surface area contributed by atoms with E-state index in [1.165, 1.54) is 0 Å². The monoisotopic (exact) mass is 333 g/mol. The van der Waals surface area contributed by atoms with Gasteiger partial charge in [-0.25, -0.2) is 10.7 Å². The van der Waals surface area contributed by atoms with Crippen molar-refractivity contribution in [2.45, 2.75) is 12.7 Å². The van der Waals surface area contributed by atoms with E-state index in [9.17, 15) is 4.79 Å². The van der Waals surface area contributed by atoms with Gasteiger partial charge in [-0.05, 0) is 22.8 Å². The highest BCUT2D eigenvalue weighted by Gasteiger charge is 2.21. The number of carbonyl (C=O) groups excluding carboxylic acids is 1. The Morgan fingerprint density at radius 2 is 1.32 bits per heavy atom. The first-order valence-corrected chi connectivity index (χ1v) is 8.00. The molecule has 0 fully saturated rings. The molecule has 0 aliphatic heterocycles. The second-order valence-corrected chi connectivity index (χ2v) is 5.57. The Labute approximate surface area is 146 Å². The third-order valence-electron chi connectivity index (χ3n) is 3.91. The molecule has 2 N–H and O–H groups in total. The van der Waals surface area contributed by atoms with Crippen molar-refractivity contribution >= 4 is 5.97 Å². The zero-order valence-corrected chi connectivity index (χ0v) is 13.7. The molecule has 3 rings (SSSR count). The summed E-state index contributed by atoms with van der Waals surface area (Å²) >= 11 is 0. The Balaban J connectivity index is 1.92. The Morgan fingerprint density at radius 3 is 1.88 bits per heavy atom. The molecular formula is C21H19NO3. The van der Waals surface area contributed by atoms with E-state index in [0.29, 0.717) is 11.1 Å². The quantitative estimate of drug-likeness (QED) is 0.546. The molecule has 3 aromatic rings. The van der Waals surface area contributed by atoms with Crippen LogP contribution in [-0.2, 0) is 16.2 Å². The van der Waals surface area contributed by atoms with Gasteiger partial charge in [0.1, 0.15) is 0 Å². The predicted octanol–water partition coefficient (Wildman–Crippen LogP) is 4.02. The smallest absolute Gasteiger partial charge is 0.339 e. The number of rotatable bonds is 6. The van der Waals surface area contributed by atoms with Gasteiger partial charge in [0.15, 0.2) is 6.10 Å². The highest BCUT2D eigenvalue weighted by molar-refractivity contribution is 5.91. The molecule has 0 saturated carbocycles. The molecule has 0 amide bonds. The van der Waals surface area contributed by atoms with Gasteiger partial charge < -0.3 is 4.74 Å². The molecule has 0 heterocycles. The molecule has 0 atom stereocenters. The van der Waals surface area contributed by atoms with Crippen molar-refractivity contribution < 1.29 is 14.4 Å². The van der Waals surface area contributed by atoms with Gasteiger partial charge in [0, 0.05) is 0 Å². The molecule has 0 aliphatic carbocycles. The van der Waals surface area contributed by atoms with Crippen LogP contribution in [0.1, 0.15) is 33.2 Å². The van der Waals surface area contributed by atoms with Crippen LogP contribution in [0.2, 0.25) is 0 Å². The molecule has 25 heavy (non-hydrogen) atoms. The summed E-state index contributed by atoms with van der Waals surface area (Å²) in [5, 5.41) is 0. The van der Waals surface area contributed by atoms with Crippen LogP contribution in [0, 0.1) is 0 Å². The average molecular weight is 333 g/mol. The van der Waals surface area contributed by atoms with Crippen molar-refractivity contribution in [1.82, 2.24) is 0 Å². The lowest BCUT2D eigenvalue weighted by atomic mass is 10.0. The zero-order valence-electron chi connectivity index (χ0n) is 13.7. The maximum atomic E-state index is 12.8. The topological polar surface area (TPSA) is 61.5 Å². The summed E-state index contributed by atoms with van der Waals surface area (Å²) < 4.78 is 5.86. The lowest BCUT2D eigenvalue weighted by Crippen LogP contribution is -2.15. The van der Waals surface area contributed by atoms with Crippen LogP contribution in [0.5, 0.6) is 0 Å². The van der Waals surface area contributed by atoms with E-state index in [-0.39, 0.29) is 6.61 Å². The first-order chi connectivity index (χ1) is 12.3. The summed E-state index contributed by atoms with van der Waals surface area (Å²) in [4.78, 5) is 17.5. The summed E-state index contributed by atoms with van der Waals surface area (Å²) in [7, 11) is 0. The van der Waals surface area contributed by atoms with Gasteiger partial charge in [0.05, 0.1) is 12.2 Å². The second-order valence-electron chi connectivity index (χ2n) is 5.57. The number of benzene rings is 3. The van der Waals surface area contributed by atoms with Crippen LogP contribution < -0.4 is 5.90 Å². The highest BCUT2D eigenvalue weighted by Crippen LogP contribution is 2.27. The summed E-state index contributed by atoms with van der Waals surface area (Å²) in [6.45, 7) is 0.145. The molecule has 0 aliphatic rings. The molecule has 126 valence electrons. The van der Waals surface area contributed by atoms with E-state index >= 15 is 0 Å². The highest BCUT2D eigenvalue weighted by atomic mass is 16.6. The van der Waals surface area contributed by atoms with Gasteiger partial charge in [-0.1, -0.05) is 78.9 Å². The van der Waals surface area contributed by atoms with Gasteiger partial charge >= 0.3 is 5.97 Å². The van der Waals surface area contributed by atoms with E-state index < -0.39 is 12.1 Å². The third kappa shape index (κ3) is 4.12. The standard InChI is InChI=1S/C21H19NO3/c22-24-15-18-13-7-8-14-19(18)21(23)25-20(16-9-3-1-4-10-16)17-11-5-2-6-12-17/h1-14,20H,15,22H2. The van der Waals surface area contributed by atoms with Gasteiger partial charge in [-0.15, -0.1) is 0 Å². The molecule has 0 radical (unpaired) electrons. The van der Waals surface area contributed by atoms with Crippen molar-refractivity contribution in [2.75, 3.05) is 0 Å². The number of carbonyl (C=O) groups is 1. The van der Waals surface area contributed by atoms with Crippen molar-refractivity contribution in [3.8, 4) is 0 Å². The Bertz CT molecular complexity index is 779. The number of esters is 1. The SMILES string of the molecule is NOCc1ccccc1C(=O)OC(c1ccccc1)c1ccccc1. The summed E-state index contributed by atoms with van der Waals surface area (Å²) in [5.74, 6) is 4.75. The van der Waals surface area contributed by atoms with Crippen LogP contribution in [-0.4, -0.2) is 5.97 Å². The van der Waals surface area contributed by atoms with Crippen LogP contribution in [0.25, 0.3) is 0 Å². The first kappa shape index (κ1) is 16.9.